The molecule has 2 aromatic heterocycles. The van der Waals surface area contributed by atoms with Crippen molar-refractivity contribution in [1.82, 2.24) is 19.5 Å². The van der Waals surface area contributed by atoms with E-state index in [0.717, 1.165) is 0 Å². The maximum atomic E-state index is 12.0. The number of anilines is 1. The number of amides is 2. The van der Waals surface area contributed by atoms with E-state index in [4.69, 9.17) is 19.9 Å². The van der Waals surface area contributed by atoms with Gasteiger partial charge in [0.1, 0.15) is 24.6 Å². The van der Waals surface area contributed by atoms with E-state index in [1.165, 1.54) is 12.7 Å². The fourth-order valence-electron chi connectivity index (χ4n) is 3.80. The Morgan fingerprint density at radius 2 is 2.03 bits per heavy atom. The quantitative estimate of drug-likeness (QED) is 0.575. The van der Waals surface area contributed by atoms with E-state index in [0.29, 0.717) is 24.0 Å². The third kappa shape index (κ3) is 3.51. The number of aromatic nitrogens is 4. The summed E-state index contributed by atoms with van der Waals surface area (Å²) in [4.78, 5) is 36.2. The van der Waals surface area contributed by atoms with Crippen molar-refractivity contribution >= 4 is 28.8 Å². The molecule has 4 rings (SSSR count). The topological polar surface area (TPSA) is 164 Å². The van der Waals surface area contributed by atoms with Gasteiger partial charge in [0.2, 0.25) is 11.8 Å². The molecular weight excluding hydrogens is 396 g/mol. The van der Waals surface area contributed by atoms with Crippen molar-refractivity contribution in [2.45, 2.75) is 70.0 Å². The molecule has 5 atom stereocenters. The van der Waals surface area contributed by atoms with E-state index in [2.05, 4.69) is 20.3 Å². The highest BCUT2D eigenvalue weighted by Crippen LogP contribution is 2.44. The van der Waals surface area contributed by atoms with Crippen molar-refractivity contribution in [3.05, 3.63) is 12.7 Å². The van der Waals surface area contributed by atoms with Crippen LogP contribution in [0.4, 0.5) is 5.82 Å². The molecule has 30 heavy (non-hydrogen) atoms. The summed E-state index contributed by atoms with van der Waals surface area (Å²) in [6.07, 6.45) is -0.936. The molecular formula is C18H24N6O6. The van der Waals surface area contributed by atoms with E-state index in [-0.39, 0.29) is 11.7 Å². The lowest BCUT2D eigenvalue weighted by Crippen LogP contribution is -2.45. The van der Waals surface area contributed by atoms with Gasteiger partial charge in [-0.15, -0.1) is 0 Å². The van der Waals surface area contributed by atoms with Crippen LogP contribution in [0.25, 0.3) is 11.2 Å². The van der Waals surface area contributed by atoms with Crippen molar-refractivity contribution < 1.29 is 28.9 Å². The first-order valence-corrected chi connectivity index (χ1v) is 9.67. The van der Waals surface area contributed by atoms with Crippen LogP contribution in [0.15, 0.2) is 12.7 Å². The number of aliphatic hydroxyl groups is 1. The van der Waals surface area contributed by atoms with Crippen LogP contribution < -0.4 is 11.1 Å². The summed E-state index contributed by atoms with van der Waals surface area (Å²) in [5.74, 6) is -1.77. The average Bonchev–Trinajstić information content (AvgIpc) is 3.32. The normalized spacial score (nSPS) is 28.4. The minimum absolute atomic E-state index is 0.178. The Kier molecular flexibility index (Phi) is 5.18. The summed E-state index contributed by atoms with van der Waals surface area (Å²) in [7, 11) is 0. The lowest BCUT2D eigenvalue weighted by molar-refractivity contribution is -0.207. The van der Waals surface area contributed by atoms with Crippen LogP contribution in [0.3, 0.4) is 0 Å². The Morgan fingerprint density at radius 3 is 2.73 bits per heavy atom. The Balaban J connectivity index is 1.69. The van der Waals surface area contributed by atoms with Gasteiger partial charge in [-0.05, 0) is 20.3 Å². The van der Waals surface area contributed by atoms with Gasteiger partial charge < -0.3 is 30.4 Å². The standard InChI is InChI=1S/C18H24N6O6/c1-4-5-8(25)23-15-9-16(21-6-20-15)24(7-22-9)17-13-12(29-18(2,3)30-13)11(28-17)10(26)14(19)27/h6-7,10-13,17,26H,4-5H2,1-3H3,(H2,19,27)(H,20,21,23,25)/t10-,11-,12-,13-,17-/m1/s1. The number of hydrogen-bond donors (Lipinski definition) is 3. The molecule has 2 amide bonds. The van der Waals surface area contributed by atoms with Gasteiger partial charge in [0.25, 0.3) is 0 Å². The molecule has 162 valence electrons. The third-order valence-corrected chi connectivity index (χ3v) is 5.04. The number of nitrogens with one attached hydrogen (secondary N) is 1. The van der Waals surface area contributed by atoms with Gasteiger partial charge >= 0.3 is 0 Å². The number of rotatable bonds is 6. The van der Waals surface area contributed by atoms with Crippen molar-refractivity contribution in [3.63, 3.8) is 0 Å². The fraction of sp³-hybridized carbons (Fsp3) is 0.611. The number of ether oxygens (including phenoxy) is 3. The number of carbonyl (C=O) groups is 2. The molecule has 2 aliphatic heterocycles. The number of nitrogens with zero attached hydrogens (tertiary/aromatic N) is 4. The molecule has 0 radical (unpaired) electrons. The molecule has 2 saturated heterocycles. The molecule has 0 aliphatic carbocycles. The summed E-state index contributed by atoms with van der Waals surface area (Å²) < 4.78 is 19.4. The summed E-state index contributed by atoms with van der Waals surface area (Å²) in [5, 5.41) is 13.0. The average molecular weight is 420 g/mol. The first-order valence-electron chi connectivity index (χ1n) is 9.67. The van der Waals surface area contributed by atoms with Gasteiger partial charge in [0.05, 0.1) is 6.33 Å². The molecule has 0 spiro atoms. The predicted molar refractivity (Wildman–Crippen MR) is 102 cm³/mol. The zero-order chi connectivity index (χ0) is 21.6. The largest absolute Gasteiger partial charge is 0.380 e. The Labute approximate surface area is 171 Å². The SMILES string of the molecule is CCCC(=O)Nc1ncnc2c1ncn2[C@@H]1O[C@H]([C@@H](O)C(N)=O)[C@H]2OC(C)(C)O[C@H]21. The molecule has 0 saturated carbocycles. The number of primary amides is 1. The number of nitrogens with two attached hydrogens (primary N) is 1. The molecule has 2 aliphatic rings. The summed E-state index contributed by atoms with van der Waals surface area (Å²) in [6, 6.07) is 0. The maximum absolute atomic E-state index is 12.0. The van der Waals surface area contributed by atoms with Gasteiger partial charge in [-0.25, -0.2) is 15.0 Å². The van der Waals surface area contributed by atoms with Crippen molar-refractivity contribution in [3.8, 4) is 0 Å². The highest BCUT2D eigenvalue weighted by atomic mass is 16.8. The van der Waals surface area contributed by atoms with Crippen LogP contribution in [0.5, 0.6) is 0 Å². The van der Waals surface area contributed by atoms with E-state index >= 15 is 0 Å². The van der Waals surface area contributed by atoms with Crippen LogP contribution >= 0.6 is 0 Å². The van der Waals surface area contributed by atoms with Gasteiger partial charge in [0, 0.05) is 6.42 Å². The number of carbonyl (C=O) groups excluding carboxylic acids is 2. The Morgan fingerprint density at radius 1 is 1.30 bits per heavy atom. The summed E-state index contributed by atoms with van der Waals surface area (Å²) >= 11 is 0. The second-order valence-electron chi connectivity index (χ2n) is 7.75. The molecule has 0 aromatic carbocycles. The molecule has 4 heterocycles. The Bertz CT molecular complexity index is 977. The molecule has 2 aromatic rings. The highest BCUT2D eigenvalue weighted by molar-refractivity contribution is 5.96. The predicted octanol–water partition coefficient (Wildman–Crippen LogP) is -0.171. The minimum atomic E-state index is -1.58. The minimum Gasteiger partial charge on any atom is -0.380 e. The van der Waals surface area contributed by atoms with Gasteiger partial charge in [0.15, 0.2) is 35.1 Å². The monoisotopic (exact) mass is 420 g/mol. The van der Waals surface area contributed by atoms with Gasteiger partial charge in [-0.1, -0.05) is 6.92 Å². The van der Waals surface area contributed by atoms with Crippen LogP contribution in [-0.2, 0) is 23.8 Å². The summed E-state index contributed by atoms with van der Waals surface area (Å²) in [6.45, 7) is 5.36. The zero-order valence-electron chi connectivity index (χ0n) is 16.8. The first-order chi connectivity index (χ1) is 14.2. The first kappa shape index (κ1) is 20.6. The molecule has 2 fully saturated rings. The van der Waals surface area contributed by atoms with Crippen LogP contribution in [-0.4, -0.2) is 66.6 Å². The third-order valence-electron chi connectivity index (χ3n) is 5.04. The van der Waals surface area contributed by atoms with Crippen LogP contribution in [0.1, 0.15) is 39.8 Å². The number of imidazole rings is 1. The van der Waals surface area contributed by atoms with Crippen LogP contribution in [0.2, 0.25) is 0 Å². The van der Waals surface area contributed by atoms with E-state index in [1.807, 2.05) is 6.92 Å². The van der Waals surface area contributed by atoms with Gasteiger partial charge in [-0.2, -0.15) is 0 Å². The molecule has 12 nitrogen and oxygen atoms in total. The molecule has 0 unspecified atom stereocenters. The lowest BCUT2D eigenvalue weighted by atomic mass is 10.1. The van der Waals surface area contributed by atoms with Crippen molar-refractivity contribution in [2.75, 3.05) is 5.32 Å². The lowest BCUT2D eigenvalue weighted by Gasteiger charge is -2.25. The maximum Gasteiger partial charge on any atom is 0.249 e. The number of hydrogen-bond acceptors (Lipinski definition) is 9. The summed E-state index contributed by atoms with van der Waals surface area (Å²) in [5.41, 5.74) is 6.03. The number of fused-ring (bicyclic) bond motifs is 2. The zero-order valence-corrected chi connectivity index (χ0v) is 16.8. The van der Waals surface area contributed by atoms with E-state index in [9.17, 15) is 14.7 Å². The Hall–Kier alpha value is -2.67. The van der Waals surface area contributed by atoms with Crippen LogP contribution in [0, 0.1) is 0 Å². The fourth-order valence-corrected chi connectivity index (χ4v) is 3.80. The van der Waals surface area contributed by atoms with E-state index in [1.54, 1.807) is 18.4 Å². The highest BCUT2D eigenvalue weighted by Gasteiger charge is 2.58. The molecule has 4 N–H and O–H groups in total. The smallest absolute Gasteiger partial charge is 0.249 e. The molecule has 0 bridgehead atoms. The van der Waals surface area contributed by atoms with E-state index < -0.39 is 42.3 Å². The second-order valence-corrected chi connectivity index (χ2v) is 7.75. The molecule has 12 heteroatoms. The van der Waals surface area contributed by atoms with Gasteiger partial charge in [-0.3, -0.25) is 14.2 Å². The van der Waals surface area contributed by atoms with Crippen molar-refractivity contribution in [2.24, 2.45) is 5.73 Å². The number of aliphatic hydroxyl groups excluding tert-OH is 1. The second kappa shape index (κ2) is 7.54. The van der Waals surface area contributed by atoms with Crippen molar-refractivity contribution in [1.29, 1.82) is 0 Å².